The number of carbonyl (C=O) groups is 1. The van der Waals surface area contributed by atoms with E-state index < -0.39 is 23.2 Å². The second kappa shape index (κ2) is 6.83. The molecular weight excluding hydrogens is 274 g/mol. The van der Waals surface area contributed by atoms with E-state index in [1.165, 1.54) is 6.07 Å². The highest BCUT2D eigenvalue weighted by Gasteiger charge is 2.11. The lowest BCUT2D eigenvalue weighted by Crippen LogP contribution is -2.17. The van der Waals surface area contributed by atoms with Gasteiger partial charge in [0.05, 0.1) is 0 Å². The average molecular weight is 290 g/mol. The van der Waals surface area contributed by atoms with Gasteiger partial charge in [-0.25, -0.2) is 8.78 Å². The van der Waals surface area contributed by atoms with E-state index in [2.05, 4.69) is 10.6 Å². The van der Waals surface area contributed by atoms with Gasteiger partial charge in [-0.1, -0.05) is 18.2 Å². The van der Waals surface area contributed by atoms with Gasteiger partial charge in [0.25, 0.3) is 0 Å². The first-order valence-electron chi connectivity index (χ1n) is 6.60. The van der Waals surface area contributed by atoms with Crippen molar-refractivity contribution in [1.82, 2.24) is 0 Å². The molecule has 0 aliphatic carbocycles. The van der Waals surface area contributed by atoms with Gasteiger partial charge in [-0.15, -0.1) is 0 Å². The van der Waals surface area contributed by atoms with Gasteiger partial charge in [0.1, 0.15) is 17.3 Å². The molecule has 0 bridgehead atoms. The molecule has 0 radical (unpaired) electrons. The standard InChI is InChI=1S/C16H16F2N2O/c1-11-4-2-5-12(10-11)19-9-8-15(21)20-16-13(17)6-3-7-14(16)18/h2-7,10,19H,8-9H2,1H3,(H,20,21). The molecular formula is C16H16F2N2O. The van der Waals surface area contributed by atoms with Crippen LogP contribution in [-0.4, -0.2) is 12.5 Å². The number of hydrogen-bond donors (Lipinski definition) is 2. The predicted molar refractivity (Wildman–Crippen MR) is 79.3 cm³/mol. The number of carbonyl (C=O) groups excluding carboxylic acids is 1. The monoisotopic (exact) mass is 290 g/mol. The Labute approximate surface area is 122 Å². The van der Waals surface area contributed by atoms with Crippen LogP contribution in [0.2, 0.25) is 0 Å². The summed E-state index contributed by atoms with van der Waals surface area (Å²) in [6, 6.07) is 11.2. The molecule has 5 heteroatoms. The van der Waals surface area contributed by atoms with Gasteiger partial charge in [0.2, 0.25) is 5.91 Å². The van der Waals surface area contributed by atoms with Gasteiger partial charge in [-0.2, -0.15) is 0 Å². The molecule has 0 aliphatic heterocycles. The molecule has 1 amide bonds. The van der Waals surface area contributed by atoms with Crippen molar-refractivity contribution >= 4 is 17.3 Å². The van der Waals surface area contributed by atoms with Crippen LogP contribution in [0.15, 0.2) is 42.5 Å². The number of halogens is 2. The average Bonchev–Trinajstić information content (AvgIpc) is 2.43. The third-order valence-corrected chi connectivity index (χ3v) is 2.93. The molecule has 3 nitrogen and oxygen atoms in total. The Morgan fingerprint density at radius 3 is 2.43 bits per heavy atom. The third-order valence-electron chi connectivity index (χ3n) is 2.93. The van der Waals surface area contributed by atoms with Crippen LogP contribution in [-0.2, 0) is 4.79 Å². The first-order valence-corrected chi connectivity index (χ1v) is 6.60. The molecule has 0 spiro atoms. The predicted octanol–water partition coefficient (Wildman–Crippen LogP) is 3.71. The Hall–Kier alpha value is -2.43. The number of aryl methyl sites for hydroxylation is 1. The molecule has 110 valence electrons. The molecule has 0 aliphatic rings. The minimum Gasteiger partial charge on any atom is -0.385 e. The fourth-order valence-corrected chi connectivity index (χ4v) is 1.89. The first kappa shape index (κ1) is 15.0. The molecule has 2 aromatic rings. The molecule has 0 saturated heterocycles. The smallest absolute Gasteiger partial charge is 0.226 e. The lowest BCUT2D eigenvalue weighted by Gasteiger charge is -2.09. The molecule has 0 atom stereocenters. The summed E-state index contributed by atoms with van der Waals surface area (Å²) >= 11 is 0. The van der Waals surface area contributed by atoms with Gasteiger partial charge in [0, 0.05) is 18.7 Å². The van der Waals surface area contributed by atoms with Crippen molar-refractivity contribution in [2.45, 2.75) is 13.3 Å². The van der Waals surface area contributed by atoms with E-state index in [-0.39, 0.29) is 6.42 Å². The zero-order chi connectivity index (χ0) is 15.2. The molecule has 21 heavy (non-hydrogen) atoms. The van der Waals surface area contributed by atoms with Crippen molar-refractivity contribution in [3.63, 3.8) is 0 Å². The van der Waals surface area contributed by atoms with Crippen molar-refractivity contribution in [3.05, 3.63) is 59.7 Å². The van der Waals surface area contributed by atoms with Crippen LogP contribution in [0.25, 0.3) is 0 Å². The zero-order valence-electron chi connectivity index (χ0n) is 11.6. The molecule has 0 aromatic heterocycles. The molecule has 2 aromatic carbocycles. The van der Waals surface area contributed by atoms with E-state index in [1.54, 1.807) is 0 Å². The van der Waals surface area contributed by atoms with Gasteiger partial charge in [0.15, 0.2) is 0 Å². The minimum absolute atomic E-state index is 0.113. The SMILES string of the molecule is Cc1cccc(NCCC(=O)Nc2c(F)cccc2F)c1. The van der Waals surface area contributed by atoms with Crippen LogP contribution in [0, 0.1) is 18.6 Å². The highest BCUT2D eigenvalue weighted by molar-refractivity contribution is 5.91. The van der Waals surface area contributed by atoms with Crippen molar-refractivity contribution in [3.8, 4) is 0 Å². The summed E-state index contributed by atoms with van der Waals surface area (Å²) < 4.78 is 26.7. The highest BCUT2D eigenvalue weighted by Crippen LogP contribution is 2.18. The van der Waals surface area contributed by atoms with Crippen molar-refractivity contribution in [2.24, 2.45) is 0 Å². The molecule has 0 fully saturated rings. The maximum atomic E-state index is 13.4. The fourth-order valence-electron chi connectivity index (χ4n) is 1.89. The molecule has 0 heterocycles. The summed E-state index contributed by atoms with van der Waals surface area (Å²) in [5.74, 6) is -2.01. The maximum Gasteiger partial charge on any atom is 0.226 e. The Morgan fingerprint density at radius 1 is 1.10 bits per heavy atom. The van der Waals surface area contributed by atoms with E-state index in [0.29, 0.717) is 6.54 Å². The first-order chi connectivity index (χ1) is 10.1. The normalized spacial score (nSPS) is 10.2. The Bertz CT molecular complexity index is 624. The van der Waals surface area contributed by atoms with Gasteiger partial charge in [-0.3, -0.25) is 4.79 Å². The van der Waals surface area contributed by atoms with E-state index >= 15 is 0 Å². The van der Waals surface area contributed by atoms with Crippen molar-refractivity contribution in [2.75, 3.05) is 17.2 Å². The number of benzene rings is 2. The number of nitrogens with one attached hydrogen (secondary N) is 2. The highest BCUT2D eigenvalue weighted by atomic mass is 19.1. The lowest BCUT2D eigenvalue weighted by atomic mass is 10.2. The van der Waals surface area contributed by atoms with Gasteiger partial charge in [-0.05, 0) is 36.8 Å². The van der Waals surface area contributed by atoms with E-state index in [0.717, 1.165) is 23.4 Å². The largest absolute Gasteiger partial charge is 0.385 e. The van der Waals surface area contributed by atoms with Crippen LogP contribution in [0.4, 0.5) is 20.2 Å². The summed E-state index contributed by atoms with van der Waals surface area (Å²) in [4.78, 5) is 11.7. The van der Waals surface area contributed by atoms with Crippen LogP contribution in [0.3, 0.4) is 0 Å². The Morgan fingerprint density at radius 2 is 1.76 bits per heavy atom. The maximum absolute atomic E-state index is 13.4. The Balaban J connectivity index is 1.85. The molecule has 0 unspecified atom stereocenters. The number of anilines is 2. The quantitative estimate of drug-likeness (QED) is 0.881. The van der Waals surface area contributed by atoms with Crippen LogP contribution in [0.5, 0.6) is 0 Å². The van der Waals surface area contributed by atoms with Crippen molar-refractivity contribution < 1.29 is 13.6 Å². The number of hydrogen-bond acceptors (Lipinski definition) is 2. The zero-order valence-corrected chi connectivity index (χ0v) is 11.6. The summed E-state index contributed by atoms with van der Waals surface area (Å²) in [5, 5.41) is 5.33. The lowest BCUT2D eigenvalue weighted by molar-refractivity contribution is -0.116. The van der Waals surface area contributed by atoms with E-state index in [4.69, 9.17) is 0 Å². The topological polar surface area (TPSA) is 41.1 Å². The summed E-state index contributed by atoms with van der Waals surface area (Å²) in [6.07, 6.45) is 0.113. The molecule has 2 N–H and O–H groups in total. The number of para-hydroxylation sites is 1. The Kier molecular flexibility index (Phi) is 4.87. The van der Waals surface area contributed by atoms with Crippen LogP contribution >= 0.6 is 0 Å². The van der Waals surface area contributed by atoms with Gasteiger partial charge >= 0.3 is 0 Å². The minimum atomic E-state index is -0.782. The molecule has 2 rings (SSSR count). The second-order valence-corrected chi connectivity index (χ2v) is 4.69. The third kappa shape index (κ3) is 4.27. The van der Waals surface area contributed by atoms with Crippen LogP contribution in [0.1, 0.15) is 12.0 Å². The van der Waals surface area contributed by atoms with E-state index in [9.17, 15) is 13.6 Å². The van der Waals surface area contributed by atoms with Crippen LogP contribution < -0.4 is 10.6 Å². The second-order valence-electron chi connectivity index (χ2n) is 4.69. The number of amides is 1. The van der Waals surface area contributed by atoms with Crippen molar-refractivity contribution in [1.29, 1.82) is 0 Å². The molecule has 0 saturated carbocycles. The summed E-state index contributed by atoms with van der Waals surface area (Å²) in [6.45, 7) is 2.35. The van der Waals surface area contributed by atoms with E-state index in [1.807, 2.05) is 31.2 Å². The fraction of sp³-hybridized carbons (Fsp3) is 0.188. The summed E-state index contributed by atoms with van der Waals surface area (Å²) in [7, 11) is 0. The van der Waals surface area contributed by atoms with Gasteiger partial charge < -0.3 is 10.6 Å². The summed E-state index contributed by atoms with van der Waals surface area (Å²) in [5.41, 5.74) is 1.61. The number of rotatable bonds is 5.